The van der Waals surface area contributed by atoms with Crippen LogP contribution in [0.1, 0.15) is 36.1 Å². The molecule has 1 aliphatic heterocycles. The normalized spacial score (nSPS) is 14.2. The van der Waals surface area contributed by atoms with E-state index >= 15 is 0 Å². The van der Waals surface area contributed by atoms with Crippen molar-refractivity contribution in [3.05, 3.63) is 113 Å². The van der Waals surface area contributed by atoms with Crippen molar-refractivity contribution in [2.45, 2.75) is 33.1 Å². The molecule has 0 saturated carbocycles. The fourth-order valence-electron chi connectivity index (χ4n) is 6.65. The molecule has 2 heteroatoms. The van der Waals surface area contributed by atoms with Crippen molar-refractivity contribution in [1.29, 1.82) is 0 Å². The number of benzene rings is 5. The van der Waals surface area contributed by atoms with Gasteiger partial charge in [0.1, 0.15) is 0 Å². The largest absolute Gasteiger partial charge is 0.309 e. The molecule has 0 saturated heterocycles. The van der Waals surface area contributed by atoms with Crippen LogP contribution in [0.2, 0.25) is 0 Å². The third-order valence-corrected chi connectivity index (χ3v) is 9.68. The molecule has 1 aliphatic rings. The summed E-state index contributed by atoms with van der Waals surface area (Å²) in [6, 6.07) is 34.4. The van der Waals surface area contributed by atoms with Gasteiger partial charge in [0.05, 0.1) is 16.7 Å². The third-order valence-electron chi connectivity index (χ3n) is 8.46. The average Bonchev–Trinajstić information content (AvgIpc) is 3.43. The predicted molar refractivity (Wildman–Crippen MR) is 161 cm³/mol. The van der Waals surface area contributed by atoms with Crippen LogP contribution in [-0.2, 0) is 5.41 Å². The lowest BCUT2D eigenvalue weighted by atomic mass is 9.73. The molecule has 1 nitrogen and oxygen atoms in total. The van der Waals surface area contributed by atoms with Gasteiger partial charge < -0.3 is 4.57 Å². The minimum absolute atomic E-state index is 0.108. The fourth-order valence-corrected chi connectivity index (χ4v) is 7.89. The van der Waals surface area contributed by atoms with E-state index < -0.39 is 0 Å². The SMILES string of the molecule is Cc1ccc2c(c1)c1cc(C)cc3c1n2-c1ccc(-c2cccc4c2sc2ccccc24)cc1C3(C)C. The van der Waals surface area contributed by atoms with Crippen molar-refractivity contribution >= 4 is 53.3 Å². The molecular formula is C35H27NS. The molecule has 3 heterocycles. The Morgan fingerprint density at radius 3 is 2.35 bits per heavy atom. The monoisotopic (exact) mass is 493 g/mol. The molecule has 0 spiro atoms. The van der Waals surface area contributed by atoms with E-state index in [0.717, 1.165) is 0 Å². The Bertz CT molecular complexity index is 2080. The van der Waals surface area contributed by atoms with Crippen LogP contribution in [0.15, 0.2) is 91.0 Å². The summed E-state index contributed by atoms with van der Waals surface area (Å²) in [6.07, 6.45) is 0. The molecule has 0 fully saturated rings. The van der Waals surface area contributed by atoms with Gasteiger partial charge in [0.15, 0.2) is 0 Å². The number of aromatic nitrogens is 1. The lowest BCUT2D eigenvalue weighted by molar-refractivity contribution is 0.630. The first-order valence-electron chi connectivity index (χ1n) is 13.0. The Morgan fingerprint density at radius 1 is 0.649 bits per heavy atom. The molecule has 37 heavy (non-hydrogen) atoms. The predicted octanol–water partition coefficient (Wildman–Crippen LogP) is 10.1. The Labute approximate surface area is 220 Å². The summed E-state index contributed by atoms with van der Waals surface area (Å²) in [6.45, 7) is 9.23. The molecule has 0 amide bonds. The molecule has 2 aromatic heterocycles. The van der Waals surface area contributed by atoms with Crippen LogP contribution in [0.4, 0.5) is 0 Å². The van der Waals surface area contributed by atoms with Gasteiger partial charge in [-0.05, 0) is 72.5 Å². The number of thiophene rings is 1. The van der Waals surface area contributed by atoms with Crippen LogP contribution < -0.4 is 0 Å². The van der Waals surface area contributed by atoms with Gasteiger partial charge in [0.25, 0.3) is 0 Å². The minimum Gasteiger partial charge on any atom is -0.309 e. The molecule has 0 unspecified atom stereocenters. The van der Waals surface area contributed by atoms with Crippen LogP contribution in [0.3, 0.4) is 0 Å². The van der Waals surface area contributed by atoms with Crippen molar-refractivity contribution in [1.82, 2.24) is 4.57 Å². The standard InChI is InChI=1S/C35H27NS/c1-20-12-14-30-26(16-20)27-17-21(2)18-29-33(27)36(30)31-15-13-22(19-28(31)35(29,3)4)23-9-7-10-25-24-8-5-6-11-32(24)37-34(23)25/h5-19H,1-4H3. The lowest BCUT2D eigenvalue weighted by Crippen LogP contribution is -2.26. The molecule has 7 aromatic rings. The summed E-state index contributed by atoms with van der Waals surface area (Å²) in [5.74, 6) is 0. The van der Waals surface area contributed by atoms with Crippen molar-refractivity contribution in [2.75, 3.05) is 0 Å². The first-order valence-corrected chi connectivity index (χ1v) is 13.8. The van der Waals surface area contributed by atoms with Crippen LogP contribution in [0, 0.1) is 13.8 Å². The van der Waals surface area contributed by atoms with E-state index in [4.69, 9.17) is 0 Å². The molecule has 0 radical (unpaired) electrons. The summed E-state index contributed by atoms with van der Waals surface area (Å²) >= 11 is 1.91. The molecule has 0 atom stereocenters. The number of fused-ring (bicyclic) bond motifs is 8. The zero-order valence-electron chi connectivity index (χ0n) is 21.5. The van der Waals surface area contributed by atoms with Gasteiger partial charge in [-0.15, -0.1) is 11.3 Å². The van der Waals surface area contributed by atoms with E-state index in [1.165, 1.54) is 81.0 Å². The Kier molecular flexibility index (Phi) is 4.08. The van der Waals surface area contributed by atoms with Gasteiger partial charge in [-0.2, -0.15) is 0 Å². The van der Waals surface area contributed by atoms with Gasteiger partial charge in [0, 0.05) is 36.4 Å². The van der Waals surface area contributed by atoms with Gasteiger partial charge >= 0.3 is 0 Å². The number of hydrogen-bond acceptors (Lipinski definition) is 1. The second-order valence-corrected chi connectivity index (χ2v) is 12.3. The zero-order valence-corrected chi connectivity index (χ0v) is 22.3. The van der Waals surface area contributed by atoms with Crippen molar-refractivity contribution in [3.63, 3.8) is 0 Å². The highest BCUT2D eigenvalue weighted by atomic mass is 32.1. The maximum absolute atomic E-state index is 2.52. The Morgan fingerprint density at radius 2 is 1.46 bits per heavy atom. The van der Waals surface area contributed by atoms with Gasteiger partial charge in [-0.1, -0.05) is 79.6 Å². The van der Waals surface area contributed by atoms with Crippen LogP contribution in [-0.4, -0.2) is 4.57 Å². The van der Waals surface area contributed by atoms with Gasteiger partial charge in [0.2, 0.25) is 0 Å². The maximum Gasteiger partial charge on any atom is 0.0582 e. The smallest absolute Gasteiger partial charge is 0.0582 e. The van der Waals surface area contributed by atoms with E-state index in [2.05, 4.69) is 123 Å². The molecule has 0 bridgehead atoms. The highest BCUT2D eigenvalue weighted by Gasteiger charge is 2.35. The topological polar surface area (TPSA) is 4.93 Å². The molecule has 0 aliphatic carbocycles. The number of rotatable bonds is 1. The summed E-state index contributed by atoms with van der Waals surface area (Å²) in [4.78, 5) is 0. The zero-order chi connectivity index (χ0) is 25.1. The molecule has 178 valence electrons. The van der Waals surface area contributed by atoms with Crippen LogP contribution >= 0.6 is 11.3 Å². The van der Waals surface area contributed by atoms with E-state index in [0.29, 0.717) is 0 Å². The second-order valence-electron chi connectivity index (χ2n) is 11.2. The maximum atomic E-state index is 2.52. The lowest BCUT2D eigenvalue weighted by Gasteiger charge is -2.35. The Hall–Kier alpha value is -3.88. The average molecular weight is 494 g/mol. The van der Waals surface area contributed by atoms with E-state index in [-0.39, 0.29) is 5.41 Å². The van der Waals surface area contributed by atoms with Gasteiger partial charge in [-0.25, -0.2) is 0 Å². The van der Waals surface area contributed by atoms with E-state index in [9.17, 15) is 0 Å². The summed E-state index contributed by atoms with van der Waals surface area (Å²) in [7, 11) is 0. The van der Waals surface area contributed by atoms with E-state index in [1.807, 2.05) is 11.3 Å². The quantitative estimate of drug-likeness (QED) is 0.214. The second kappa shape index (κ2) is 7.12. The number of aryl methyl sites for hydroxylation is 2. The van der Waals surface area contributed by atoms with Crippen LogP contribution in [0.5, 0.6) is 0 Å². The number of hydrogen-bond donors (Lipinski definition) is 0. The van der Waals surface area contributed by atoms with Crippen molar-refractivity contribution in [3.8, 4) is 16.8 Å². The summed E-state index contributed by atoms with van der Waals surface area (Å²) in [5.41, 5.74) is 11.9. The van der Waals surface area contributed by atoms with Crippen LogP contribution in [0.25, 0.3) is 58.8 Å². The molecule has 8 rings (SSSR count). The third kappa shape index (κ3) is 2.74. The van der Waals surface area contributed by atoms with Gasteiger partial charge in [-0.3, -0.25) is 0 Å². The minimum atomic E-state index is -0.108. The van der Waals surface area contributed by atoms with Crippen molar-refractivity contribution < 1.29 is 0 Å². The Balaban J connectivity index is 1.46. The summed E-state index contributed by atoms with van der Waals surface area (Å²) < 4.78 is 5.24. The molecule has 5 aromatic carbocycles. The molecular weight excluding hydrogens is 466 g/mol. The van der Waals surface area contributed by atoms with Crippen molar-refractivity contribution in [2.24, 2.45) is 0 Å². The highest BCUT2D eigenvalue weighted by molar-refractivity contribution is 7.26. The van der Waals surface area contributed by atoms with E-state index in [1.54, 1.807) is 0 Å². The number of nitrogens with zero attached hydrogens (tertiary/aromatic N) is 1. The highest BCUT2D eigenvalue weighted by Crippen LogP contribution is 2.49. The first kappa shape index (κ1) is 21.2. The fraction of sp³-hybridized carbons (Fsp3) is 0.143. The first-order chi connectivity index (χ1) is 17.9. The molecule has 0 N–H and O–H groups in total. The summed E-state index contributed by atoms with van der Waals surface area (Å²) in [5, 5.41) is 5.42.